The largest absolute Gasteiger partial charge is 0.477 e. The number of rotatable bonds is 3. The van der Waals surface area contributed by atoms with Gasteiger partial charge in [0.15, 0.2) is 5.69 Å². The highest BCUT2D eigenvalue weighted by Crippen LogP contribution is 2.19. The Labute approximate surface area is 122 Å². The minimum atomic E-state index is -1.02. The van der Waals surface area contributed by atoms with Gasteiger partial charge in [0.1, 0.15) is 6.33 Å². The number of fused-ring (bicyclic) bond motifs is 1. The Morgan fingerprint density at radius 1 is 1.10 bits per heavy atom. The average Bonchev–Trinajstić information content (AvgIpc) is 2.49. The minimum absolute atomic E-state index is 0.0702. The molecule has 0 atom stereocenters. The normalized spacial score (nSPS) is 10.7. The second-order valence-corrected chi connectivity index (χ2v) is 4.96. The molecule has 3 rings (SSSR count). The molecule has 0 fully saturated rings. The van der Waals surface area contributed by atoms with Crippen LogP contribution in [0, 0.1) is 6.92 Å². The number of benzene rings is 2. The third-order valence-electron chi connectivity index (χ3n) is 3.58. The topological polar surface area (TPSA) is 63.1 Å². The molecule has 0 aliphatic carbocycles. The van der Waals surface area contributed by atoms with Crippen molar-refractivity contribution in [1.29, 1.82) is 0 Å². The molecule has 0 spiro atoms. The van der Waals surface area contributed by atoms with E-state index in [9.17, 15) is 4.79 Å². The van der Waals surface area contributed by atoms with Crippen LogP contribution in [0.15, 0.2) is 48.8 Å². The van der Waals surface area contributed by atoms with Crippen molar-refractivity contribution in [1.82, 2.24) is 9.97 Å². The Morgan fingerprint density at radius 3 is 2.62 bits per heavy atom. The molecule has 104 valence electrons. The second kappa shape index (κ2) is 5.32. The highest BCUT2D eigenvalue weighted by molar-refractivity contribution is 5.87. The summed E-state index contributed by atoms with van der Waals surface area (Å²) in [6, 6.07) is 14.4. The number of carbonyl (C=O) groups is 1. The van der Waals surface area contributed by atoms with E-state index in [-0.39, 0.29) is 5.69 Å². The molecule has 0 aliphatic heterocycles. The monoisotopic (exact) mass is 278 g/mol. The zero-order chi connectivity index (χ0) is 14.8. The van der Waals surface area contributed by atoms with Crippen molar-refractivity contribution in [2.45, 2.75) is 13.3 Å². The molecule has 3 aromatic rings. The van der Waals surface area contributed by atoms with E-state index in [1.807, 2.05) is 18.2 Å². The first-order chi connectivity index (χ1) is 10.1. The van der Waals surface area contributed by atoms with Gasteiger partial charge in [-0.2, -0.15) is 0 Å². The molecule has 0 unspecified atom stereocenters. The first kappa shape index (κ1) is 13.2. The highest BCUT2D eigenvalue weighted by atomic mass is 16.4. The molecule has 1 heterocycles. The number of carboxylic acid groups (broad SMARTS) is 1. The third kappa shape index (κ3) is 2.60. The molecule has 0 amide bonds. The quantitative estimate of drug-likeness (QED) is 0.799. The van der Waals surface area contributed by atoms with Gasteiger partial charge in [0.25, 0.3) is 0 Å². The van der Waals surface area contributed by atoms with Crippen LogP contribution in [0.3, 0.4) is 0 Å². The number of hydrogen-bond donors (Lipinski definition) is 1. The van der Waals surface area contributed by atoms with Gasteiger partial charge in [0, 0.05) is 12.0 Å². The average molecular weight is 278 g/mol. The lowest BCUT2D eigenvalue weighted by Crippen LogP contribution is -2.08. The van der Waals surface area contributed by atoms with Crippen LogP contribution in [0.4, 0.5) is 0 Å². The Balaban J connectivity index is 1.98. The van der Waals surface area contributed by atoms with Gasteiger partial charge in [0.2, 0.25) is 0 Å². The minimum Gasteiger partial charge on any atom is -0.477 e. The molecule has 2 aromatic carbocycles. The first-order valence-corrected chi connectivity index (χ1v) is 6.66. The summed E-state index contributed by atoms with van der Waals surface area (Å²) < 4.78 is 0. The van der Waals surface area contributed by atoms with E-state index in [1.165, 1.54) is 17.1 Å². The molecule has 1 aromatic heterocycles. The van der Waals surface area contributed by atoms with E-state index in [1.54, 1.807) is 6.92 Å². The zero-order valence-corrected chi connectivity index (χ0v) is 11.6. The summed E-state index contributed by atoms with van der Waals surface area (Å²) in [7, 11) is 0. The standard InChI is InChI=1S/C17H14N2O2/c1-11-15(18-10-19-16(11)17(20)21)9-12-6-7-13-4-2-3-5-14(13)8-12/h2-8,10H,9H2,1H3,(H,20,21). The van der Waals surface area contributed by atoms with E-state index < -0.39 is 5.97 Å². The summed E-state index contributed by atoms with van der Waals surface area (Å²) in [6.45, 7) is 1.75. The molecule has 0 bridgehead atoms. The summed E-state index contributed by atoms with van der Waals surface area (Å²) in [4.78, 5) is 19.2. The fraction of sp³-hybridized carbons (Fsp3) is 0.118. The van der Waals surface area contributed by atoms with Crippen LogP contribution in [-0.4, -0.2) is 21.0 Å². The van der Waals surface area contributed by atoms with Crippen LogP contribution in [0.25, 0.3) is 10.8 Å². The third-order valence-corrected chi connectivity index (χ3v) is 3.58. The molecule has 1 N–H and O–H groups in total. The predicted octanol–water partition coefficient (Wildman–Crippen LogP) is 3.23. The highest BCUT2D eigenvalue weighted by Gasteiger charge is 2.13. The van der Waals surface area contributed by atoms with E-state index >= 15 is 0 Å². The molecule has 21 heavy (non-hydrogen) atoms. The Bertz CT molecular complexity index is 828. The van der Waals surface area contributed by atoms with Crippen molar-refractivity contribution < 1.29 is 9.90 Å². The van der Waals surface area contributed by atoms with E-state index in [0.717, 1.165) is 11.3 Å². The van der Waals surface area contributed by atoms with Crippen molar-refractivity contribution in [2.75, 3.05) is 0 Å². The second-order valence-electron chi connectivity index (χ2n) is 4.96. The summed E-state index contributed by atoms with van der Waals surface area (Å²) in [5.74, 6) is -1.02. The number of nitrogens with zero attached hydrogens (tertiary/aromatic N) is 2. The summed E-state index contributed by atoms with van der Waals surface area (Å²) in [6.07, 6.45) is 1.91. The van der Waals surface area contributed by atoms with Gasteiger partial charge < -0.3 is 5.11 Å². The zero-order valence-electron chi connectivity index (χ0n) is 11.6. The molecule has 4 nitrogen and oxygen atoms in total. The van der Waals surface area contributed by atoms with Crippen molar-refractivity contribution in [2.24, 2.45) is 0 Å². The van der Waals surface area contributed by atoms with Gasteiger partial charge in [0.05, 0.1) is 5.69 Å². The Hall–Kier alpha value is -2.75. The van der Waals surface area contributed by atoms with Gasteiger partial charge in [-0.25, -0.2) is 14.8 Å². The Morgan fingerprint density at radius 2 is 1.86 bits per heavy atom. The van der Waals surface area contributed by atoms with Crippen molar-refractivity contribution in [3.63, 3.8) is 0 Å². The Kier molecular flexibility index (Phi) is 3.36. The molecule has 0 saturated carbocycles. The maximum Gasteiger partial charge on any atom is 0.354 e. The molecule has 4 heteroatoms. The fourth-order valence-electron chi connectivity index (χ4n) is 2.42. The fourth-order valence-corrected chi connectivity index (χ4v) is 2.42. The molecule has 0 saturated heterocycles. The van der Waals surface area contributed by atoms with Crippen molar-refractivity contribution in [3.8, 4) is 0 Å². The van der Waals surface area contributed by atoms with Crippen LogP contribution in [-0.2, 0) is 6.42 Å². The molecule has 0 radical (unpaired) electrons. The van der Waals surface area contributed by atoms with Crippen LogP contribution in [0.1, 0.15) is 27.3 Å². The van der Waals surface area contributed by atoms with Crippen LogP contribution in [0.5, 0.6) is 0 Å². The van der Waals surface area contributed by atoms with Gasteiger partial charge in [-0.15, -0.1) is 0 Å². The maximum absolute atomic E-state index is 11.1. The van der Waals surface area contributed by atoms with Crippen LogP contribution in [0.2, 0.25) is 0 Å². The number of carboxylic acids is 1. The van der Waals surface area contributed by atoms with Crippen LogP contribution >= 0.6 is 0 Å². The maximum atomic E-state index is 11.1. The van der Waals surface area contributed by atoms with Crippen molar-refractivity contribution >= 4 is 16.7 Å². The summed E-state index contributed by atoms with van der Waals surface area (Å²) in [5.41, 5.74) is 2.54. The summed E-state index contributed by atoms with van der Waals surface area (Å²) >= 11 is 0. The van der Waals surface area contributed by atoms with Crippen molar-refractivity contribution in [3.05, 3.63) is 71.3 Å². The number of aromatic nitrogens is 2. The van der Waals surface area contributed by atoms with E-state index in [2.05, 4.69) is 34.2 Å². The van der Waals surface area contributed by atoms with E-state index in [4.69, 9.17) is 5.11 Å². The molecule has 0 aliphatic rings. The van der Waals surface area contributed by atoms with Gasteiger partial charge >= 0.3 is 5.97 Å². The van der Waals surface area contributed by atoms with E-state index in [0.29, 0.717) is 12.0 Å². The predicted molar refractivity (Wildman–Crippen MR) is 80.5 cm³/mol. The number of aromatic carboxylic acids is 1. The molecular formula is C17H14N2O2. The van der Waals surface area contributed by atoms with Gasteiger partial charge in [-0.1, -0.05) is 42.5 Å². The summed E-state index contributed by atoms with van der Waals surface area (Å²) in [5, 5.41) is 11.5. The lowest BCUT2D eigenvalue weighted by molar-refractivity contribution is 0.0689. The number of hydrogen-bond acceptors (Lipinski definition) is 3. The smallest absolute Gasteiger partial charge is 0.354 e. The SMILES string of the molecule is Cc1c(Cc2ccc3ccccc3c2)ncnc1C(=O)O. The van der Waals surface area contributed by atoms with Gasteiger partial charge in [-0.3, -0.25) is 0 Å². The van der Waals surface area contributed by atoms with Crippen LogP contribution < -0.4 is 0 Å². The van der Waals surface area contributed by atoms with Gasteiger partial charge in [-0.05, 0) is 23.3 Å². The first-order valence-electron chi connectivity index (χ1n) is 6.66. The lowest BCUT2D eigenvalue weighted by atomic mass is 10.0. The molecular weight excluding hydrogens is 264 g/mol. The lowest BCUT2D eigenvalue weighted by Gasteiger charge is -2.08.